The molecule has 0 radical (unpaired) electrons. The van der Waals surface area contributed by atoms with E-state index in [2.05, 4.69) is 10.9 Å². The first-order valence-corrected chi connectivity index (χ1v) is 13.0. The molecule has 0 bridgehead atoms. The van der Waals surface area contributed by atoms with Crippen LogP contribution in [0.25, 0.3) is 6.08 Å². The molecule has 1 aliphatic heterocycles. The van der Waals surface area contributed by atoms with Crippen molar-refractivity contribution in [1.82, 2.24) is 4.57 Å². The Bertz CT molecular complexity index is 1700. The molecule has 1 atom stereocenters. The molecule has 0 unspecified atom stereocenters. The van der Waals surface area contributed by atoms with Crippen molar-refractivity contribution in [2.75, 3.05) is 13.2 Å². The molecule has 6 nitrogen and oxygen atoms in total. The third-order valence-electron chi connectivity index (χ3n) is 5.40. The van der Waals surface area contributed by atoms with Gasteiger partial charge in [0.2, 0.25) is 0 Å². The fourth-order valence-electron chi connectivity index (χ4n) is 3.90. The van der Waals surface area contributed by atoms with E-state index in [-0.39, 0.29) is 49.5 Å². The molecule has 0 aliphatic carbocycles. The molecule has 13 heteroatoms. The standard InChI is InChI=1S/C26H16Cl3F3N2O4S/c1-3-9-38-21-14(10-16(28)12-17(21)29)11-18-23(35)34-20(13-5-7-15(27)8-6-13)19(24(36)37-4-2)22(26(30,31)32)33-25(34)39-18/h1,5-8,10-12,20H,4,9H2,2H3/b18-11-/t20-/m1/s1. The number of carbonyl (C=O) groups is 1. The van der Waals surface area contributed by atoms with Crippen molar-refractivity contribution in [2.45, 2.75) is 19.1 Å². The average Bonchev–Trinajstić information content (AvgIpc) is 3.17. The van der Waals surface area contributed by atoms with Gasteiger partial charge in [0, 0.05) is 15.6 Å². The molecular formula is C26H16Cl3F3N2O4S. The fourth-order valence-corrected chi connectivity index (χ4v) is 5.58. The van der Waals surface area contributed by atoms with Crippen LogP contribution in [0.3, 0.4) is 0 Å². The van der Waals surface area contributed by atoms with Crippen LogP contribution in [0.2, 0.25) is 15.1 Å². The Balaban J connectivity index is 2.05. The van der Waals surface area contributed by atoms with E-state index in [1.54, 1.807) is 0 Å². The van der Waals surface area contributed by atoms with Crippen LogP contribution in [0, 0.1) is 12.3 Å². The number of hydrogen-bond donors (Lipinski definition) is 0. The van der Waals surface area contributed by atoms with Crippen molar-refractivity contribution in [2.24, 2.45) is 4.99 Å². The quantitative estimate of drug-likeness (QED) is 0.278. The predicted octanol–water partition coefficient (Wildman–Crippen LogP) is 5.31. The summed E-state index contributed by atoms with van der Waals surface area (Å²) in [5.41, 5.74) is -2.56. The SMILES string of the molecule is C#CCOc1c(Cl)cc(Cl)cc1/C=c1\sc2n(c1=O)[C@H](c1ccc(Cl)cc1)C(C(=O)OCC)=C(C(F)(F)F)N=2. The molecule has 4 rings (SSSR count). The van der Waals surface area contributed by atoms with E-state index < -0.39 is 35.0 Å². The van der Waals surface area contributed by atoms with Gasteiger partial charge in [-0.1, -0.05) is 64.2 Å². The van der Waals surface area contributed by atoms with Gasteiger partial charge >= 0.3 is 12.1 Å². The van der Waals surface area contributed by atoms with Crippen LogP contribution in [0.5, 0.6) is 5.75 Å². The maximum Gasteiger partial charge on any atom is 0.434 e. The monoisotopic (exact) mass is 614 g/mol. The Morgan fingerprint density at radius 2 is 1.90 bits per heavy atom. The number of ether oxygens (including phenoxy) is 2. The van der Waals surface area contributed by atoms with Gasteiger partial charge in [0.05, 0.1) is 27.8 Å². The second kappa shape index (κ2) is 11.5. The third-order valence-corrected chi connectivity index (χ3v) is 7.14. The van der Waals surface area contributed by atoms with E-state index >= 15 is 0 Å². The lowest BCUT2D eigenvalue weighted by atomic mass is 9.95. The first-order chi connectivity index (χ1) is 18.5. The van der Waals surface area contributed by atoms with E-state index in [1.807, 2.05) is 0 Å². The van der Waals surface area contributed by atoms with Crippen LogP contribution in [0.1, 0.15) is 24.1 Å². The summed E-state index contributed by atoms with van der Waals surface area (Å²) in [4.78, 5) is 30.0. The van der Waals surface area contributed by atoms with E-state index in [0.29, 0.717) is 16.4 Å². The normalized spacial score (nSPS) is 15.4. The number of carbonyl (C=O) groups excluding carboxylic acids is 1. The van der Waals surface area contributed by atoms with Gasteiger partial charge in [-0.25, -0.2) is 9.79 Å². The molecule has 0 saturated heterocycles. The molecule has 0 N–H and O–H groups in total. The lowest BCUT2D eigenvalue weighted by Crippen LogP contribution is -2.41. The second-order valence-electron chi connectivity index (χ2n) is 7.91. The molecule has 2 heterocycles. The Hall–Kier alpha value is -3.23. The van der Waals surface area contributed by atoms with Crippen LogP contribution in [0.4, 0.5) is 13.2 Å². The number of thiazole rings is 1. The van der Waals surface area contributed by atoms with E-state index in [0.717, 1.165) is 4.57 Å². The highest BCUT2D eigenvalue weighted by Crippen LogP contribution is 2.38. The summed E-state index contributed by atoms with van der Waals surface area (Å²) < 4.78 is 54.1. The number of nitrogens with zero attached hydrogens (tertiary/aromatic N) is 2. The maximum absolute atomic E-state index is 14.2. The van der Waals surface area contributed by atoms with Gasteiger partial charge in [-0.2, -0.15) is 13.2 Å². The predicted molar refractivity (Wildman–Crippen MR) is 143 cm³/mol. The fraction of sp³-hybridized carbons (Fsp3) is 0.192. The number of alkyl halides is 3. The highest BCUT2D eigenvalue weighted by molar-refractivity contribution is 7.07. The highest BCUT2D eigenvalue weighted by atomic mass is 35.5. The zero-order chi connectivity index (χ0) is 28.5. The zero-order valence-corrected chi connectivity index (χ0v) is 22.9. The van der Waals surface area contributed by atoms with Gasteiger partial charge < -0.3 is 9.47 Å². The van der Waals surface area contributed by atoms with Crippen molar-refractivity contribution in [3.63, 3.8) is 0 Å². The number of rotatable bonds is 6. The van der Waals surface area contributed by atoms with Crippen molar-refractivity contribution >= 4 is 58.2 Å². The summed E-state index contributed by atoms with van der Waals surface area (Å²) in [6.45, 7) is 1.12. The topological polar surface area (TPSA) is 69.9 Å². The van der Waals surface area contributed by atoms with Gasteiger partial charge in [0.25, 0.3) is 5.56 Å². The number of benzene rings is 2. The van der Waals surface area contributed by atoms with Gasteiger partial charge in [-0.15, -0.1) is 6.42 Å². The smallest absolute Gasteiger partial charge is 0.434 e. The van der Waals surface area contributed by atoms with Gasteiger partial charge in [-0.05, 0) is 42.8 Å². The van der Waals surface area contributed by atoms with Crippen LogP contribution in [-0.4, -0.2) is 29.9 Å². The number of halogens is 6. The van der Waals surface area contributed by atoms with Crippen molar-refractivity contribution in [1.29, 1.82) is 0 Å². The molecule has 0 spiro atoms. The number of terminal acetylenes is 1. The Kier molecular flexibility index (Phi) is 8.47. The average molecular weight is 616 g/mol. The molecule has 0 saturated carbocycles. The number of hydrogen-bond acceptors (Lipinski definition) is 6. The minimum atomic E-state index is -5.03. The number of fused-ring (bicyclic) bond motifs is 1. The van der Waals surface area contributed by atoms with Crippen LogP contribution in [-0.2, 0) is 9.53 Å². The molecule has 202 valence electrons. The van der Waals surface area contributed by atoms with E-state index in [1.165, 1.54) is 49.4 Å². The Morgan fingerprint density at radius 3 is 2.51 bits per heavy atom. The van der Waals surface area contributed by atoms with Crippen molar-refractivity contribution < 1.29 is 27.4 Å². The summed E-state index contributed by atoms with van der Waals surface area (Å²) in [6.07, 6.45) is 1.60. The van der Waals surface area contributed by atoms with Gasteiger partial charge in [0.15, 0.2) is 10.5 Å². The van der Waals surface area contributed by atoms with Crippen LogP contribution < -0.4 is 19.6 Å². The molecule has 1 aromatic heterocycles. The van der Waals surface area contributed by atoms with Gasteiger partial charge in [0.1, 0.15) is 12.4 Å². The first kappa shape index (κ1) is 28.8. The van der Waals surface area contributed by atoms with Crippen LogP contribution >= 0.6 is 46.1 Å². The molecule has 2 aromatic carbocycles. The maximum atomic E-state index is 14.2. The zero-order valence-electron chi connectivity index (χ0n) is 19.8. The second-order valence-corrected chi connectivity index (χ2v) is 10.2. The molecular weight excluding hydrogens is 600 g/mol. The van der Waals surface area contributed by atoms with E-state index in [9.17, 15) is 22.8 Å². The van der Waals surface area contributed by atoms with Crippen molar-refractivity contribution in [3.05, 3.63) is 93.6 Å². The Labute approximate surface area is 238 Å². The summed E-state index contributed by atoms with van der Waals surface area (Å²) in [6, 6.07) is 7.08. The lowest BCUT2D eigenvalue weighted by molar-refractivity contribution is -0.140. The third kappa shape index (κ3) is 5.87. The number of esters is 1. The van der Waals surface area contributed by atoms with E-state index in [4.69, 9.17) is 50.7 Å². The lowest BCUT2D eigenvalue weighted by Gasteiger charge is -2.26. The summed E-state index contributed by atoms with van der Waals surface area (Å²) >= 11 is 19.1. The minimum absolute atomic E-state index is 0.0248. The number of allylic oxidation sites excluding steroid dienone is 1. The Morgan fingerprint density at radius 1 is 1.21 bits per heavy atom. The summed E-state index contributed by atoms with van der Waals surface area (Å²) in [5, 5.41) is 0.635. The first-order valence-electron chi connectivity index (χ1n) is 11.1. The molecule has 39 heavy (non-hydrogen) atoms. The largest absolute Gasteiger partial charge is 0.479 e. The molecule has 0 fully saturated rings. The minimum Gasteiger partial charge on any atom is -0.479 e. The highest BCUT2D eigenvalue weighted by Gasteiger charge is 2.45. The summed E-state index contributed by atoms with van der Waals surface area (Å²) in [7, 11) is 0. The van der Waals surface area contributed by atoms with Gasteiger partial charge in [-0.3, -0.25) is 9.36 Å². The molecule has 0 amide bonds. The molecule has 3 aromatic rings. The van der Waals surface area contributed by atoms with Crippen LogP contribution in [0.15, 0.2) is 57.5 Å². The summed E-state index contributed by atoms with van der Waals surface area (Å²) in [5.74, 6) is 1.17. The molecule has 1 aliphatic rings. The number of aromatic nitrogens is 1. The van der Waals surface area contributed by atoms with Crippen molar-refractivity contribution in [3.8, 4) is 18.1 Å².